The third-order valence-corrected chi connectivity index (χ3v) is 2.78. The summed E-state index contributed by atoms with van der Waals surface area (Å²) in [5.74, 6) is -1.50. The number of esters is 1. The summed E-state index contributed by atoms with van der Waals surface area (Å²) in [7, 11) is 0. The summed E-state index contributed by atoms with van der Waals surface area (Å²) in [6.07, 6.45) is 2.76. The number of nitrogens with one attached hydrogen (secondary N) is 2. The molecule has 0 aliphatic carbocycles. The van der Waals surface area contributed by atoms with Crippen LogP contribution in [0.5, 0.6) is 0 Å². The highest BCUT2D eigenvalue weighted by molar-refractivity contribution is 6.30. The van der Waals surface area contributed by atoms with Crippen LogP contribution in [-0.2, 0) is 19.1 Å². The van der Waals surface area contributed by atoms with E-state index in [0.29, 0.717) is 5.02 Å². The summed E-state index contributed by atoms with van der Waals surface area (Å²) >= 11 is 5.75. The molecular formula is C16H19ClN2O4. The largest absolute Gasteiger partial charge is 0.452 e. The Morgan fingerprint density at radius 1 is 1.17 bits per heavy atom. The van der Waals surface area contributed by atoms with Gasteiger partial charge >= 0.3 is 5.97 Å². The van der Waals surface area contributed by atoms with Gasteiger partial charge in [-0.05, 0) is 37.6 Å². The molecule has 1 aromatic rings. The molecule has 1 rings (SSSR count). The van der Waals surface area contributed by atoms with E-state index in [1.165, 1.54) is 6.08 Å². The summed E-state index contributed by atoms with van der Waals surface area (Å²) in [6, 6.07) is 6.87. The second kappa shape index (κ2) is 9.63. The van der Waals surface area contributed by atoms with Gasteiger partial charge in [-0.2, -0.15) is 0 Å². The maximum atomic E-state index is 11.5. The highest BCUT2D eigenvalue weighted by Gasteiger charge is 2.08. The van der Waals surface area contributed by atoms with Crippen molar-refractivity contribution in [1.82, 2.24) is 10.6 Å². The van der Waals surface area contributed by atoms with Gasteiger partial charge in [0.15, 0.2) is 6.61 Å². The van der Waals surface area contributed by atoms with Crippen LogP contribution in [0.2, 0.25) is 5.02 Å². The van der Waals surface area contributed by atoms with E-state index in [4.69, 9.17) is 16.3 Å². The number of halogens is 1. The van der Waals surface area contributed by atoms with Gasteiger partial charge < -0.3 is 15.4 Å². The maximum absolute atomic E-state index is 11.5. The molecule has 0 saturated heterocycles. The first kappa shape index (κ1) is 18.7. The standard InChI is InChI=1S/C16H19ClN2O4/c1-11(2)19-14(20)9-18-15(21)10-23-16(22)8-5-12-3-6-13(17)7-4-12/h3-8,11H,9-10H2,1-2H3,(H,18,21)(H,19,20)/b8-5+. The minimum atomic E-state index is -0.651. The van der Waals surface area contributed by atoms with Gasteiger partial charge in [0, 0.05) is 17.1 Å². The molecule has 0 spiro atoms. The highest BCUT2D eigenvalue weighted by atomic mass is 35.5. The molecule has 0 aromatic heterocycles. The minimum Gasteiger partial charge on any atom is -0.452 e. The Bertz CT molecular complexity index is 582. The third kappa shape index (κ3) is 8.63. The Kier molecular flexibility index (Phi) is 7.83. The Labute approximate surface area is 139 Å². The zero-order valence-corrected chi connectivity index (χ0v) is 13.7. The van der Waals surface area contributed by atoms with Gasteiger partial charge in [-0.3, -0.25) is 9.59 Å². The van der Waals surface area contributed by atoms with Crippen molar-refractivity contribution in [3.05, 3.63) is 40.9 Å². The van der Waals surface area contributed by atoms with Crippen LogP contribution in [0.4, 0.5) is 0 Å². The van der Waals surface area contributed by atoms with Crippen LogP contribution in [0.15, 0.2) is 30.3 Å². The van der Waals surface area contributed by atoms with Crippen LogP contribution in [0.1, 0.15) is 19.4 Å². The summed E-state index contributed by atoms with van der Waals surface area (Å²) in [4.78, 5) is 34.2. The Balaban J connectivity index is 2.28. The molecule has 1 aromatic carbocycles. The van der Waals surface area contributed by atoms with Gasteiger partial charge in [0.25, 0.3) is 5.91 Å². The first-order valence-corrected chi connectivity index (χ1v) is 7.41. The molecule has 0 unspecified atom stereocenters. The molecule has 0 aliphatic rings. The van der Waals surface area contributed by atoms with Gasteiger partial charge in [0.1, 0.15) is 0 Å². The predicted octanol–water partition coefficient (Wildman–Crippen LogP) is 1.54. The van der Waals surface area contributed by atoms with E-state index in [1.54, 1.807) is 30.3 Å². The van der Waals surface area contributed by atoms with Gasteiger partial charge in [-0.1, -0.05) is 23.7 Å². The van der Waals surface area contributed by atoms with E-state index >= 15 is 0 Å². The molecular weight excluding hydrogens is 320 g/mol. The SMILES string of the molecule is CC(C)NC(=O)CNC(=O)COC(=O)/C=C/c1ccc(Cl)cc1. The van der Waals surface area contributed by atoms with Crippen molar-refractivity contribution in [3.8, 4) is 0 Å². The summed E-state index contributed by atoms with van der Waals surface area (Å²) < 4.78 is 4.77. The summed E-state index contributed by atoms with van der Waals surface area (Å²) in [5.41, 5.74) is 0.779. The molecule has 2 N–H and O–H groups in total. The zero-order valence-electron chi connectivity index (χ0n) is 13.0. The summed E-state index contributed by atoms with van der Waals surface area (Å²) in [5, 5.41) is 5.58. The van der Waals surface area contributed by atoms with E-state index in [2.05, 4.69) is 10.6 Å². The van der Waals surface area contributed by atoms with Gasteiger partial charge in [-0.25, -0.2) is 4.79 Å². The zero-order chi connectivity index (χ0) is 17.2. The molecule has 124 valence electrons. The lowest BCUT2D eigenvalue weighted by Gasteiger charge is -2.09. The average molecular weight is 339 g/mol. The minimum absolute atomic E-state index is 0.00441. The number of hydrogen-bond acceptors (Lipinski definition) is 4. The number of carbonyl (C=O) groups is 3. The van der Waals surface area contributed by atoms with Crippen LogP contribution < -0.4 is 10.6 Å². The molecule has 0 fully saturated rings. The topological polar surface area (TPSA) is 84.5 Å². The lowest BCUT2D eigenvalue weighted by molar-refractivity contribution is -0.143. The number of rotatable bonds is 7. The second-order valence-electron chi connectivity index (χ2n) is 4.99. The molecule has 0 bridgehead atoms. The van der Waals surface area contributed by atoms with Crippen molar-refractivity contribution in [1.29, 1.82) is 0 Å². The van der Waals surface area contributed by atoms with E-state index in [-0.39, 0.29) is 18.5 Å². The van der Waals surface area contributed by atoms with Crippen LogP contribution in [0, 0.1) is 0 Å². The van der Waals surface area contributed by atoms with Crippen LogP contribution >= 0.6 is 11.6 Å². The number of benzene rings is 1. The van der Waals surface area contributed by atoms with Gasteiger partial charge in [0.05, 0.1) is 6.54 Å². The molecule has 0 heterocycles. The fraction of sp³-hybridized carbons (Fsp3) is 0.312. The Hall–Kier alpha value is -2.34. The van der Waals surface area contributed by atoms with Crippen molar-refractivity contribution in [2.24, 2.45) is 0 Å². The molecule has 0 saturated carbocycles. The fourth-order valence-electron chi connectivity index (χ4n) is 1.53. The van der Waals surface area contributed by atoms with Crippen LogP contribution in [0.25, 0.3) is 6.08 Å². The Morgan fingerprint density at radius 2 is 1.83 bits per heavy atom. The van der Waals surface area contributed by atoms with E-state index < -0.39 is 18.5 Å². The normalized spacial score (nSPS) is 10.6. The molecule has 2 amide bonds. The first-order valence-electron chi connectivity index (χ1n) is 7.03. The molecule has 0 radical (unpaired) electrons. The lowest BCUT2D eigenvalue weighted by Crippen LogP contribution is -2.41. The number of ether oxygens (including phenoxy) is 1. The number of amides is 2. The third-order valence-electron chi connectivity index (χ3n) is 2.52. The number of hydrogen-bond donors (Lipinski definition) is 2. The van der Waals surface area contributed by atoms with Crippen molar-refractivity contribution < 1.29 is 19.1 Å². The van der Waals surface area contributed by atoms with Gasteiger partial charge in [0.2, 0.25) is 5.91 Å². The first-order chi connectivity index (χ1) is 10.9. The quantitative estimate of drug-likeness (QED) is 0.583. The molecule has 0 atom stereocenters. The van der Waals surface area contributed by atoms with Crippen LogP contribution in [0.3, 0.4) is 0 Å². The molecule has 6 nitrogen and oxygen atoms in total. The van der Waals surface area contributed by atoms with E-state index in [0.717, 1.165) is 5.56 Å². The van der Waals surface area contributed by atoms with Crippen molar-refractivity contribution in [3.63, 3.8) is 0 Å². The average Bonchev–Trinajstić information content (AvgIpc) is 2.49. The van der Waals surface area contributed by atoms with E-state index in [1.807, 2.05) is 13.8 Å². The predicted molar refractivity (Wildman–Crippen MR) is 87.7 cm³/mol. The van der Waals surface area contributed by atoms with E-state index in [9.17, 15) is 14.4 Å². The van der Waals surface area contributed by atoms with Crippen molar-refractivity contribution >= 4 is 35.5 Å². The smallest absolute Gasteiger partial charge is 0.331 e. The monoisotopic (exact) mass is 338 g/mol. The Morgan fingerprint density at radius 3 is 2.43 bits per heavy atom. The lowest BCUT2D eigenvalue weighted by atomic mass is 10.2. The van der Waals surface area contributed by atoms with Gasteiger partial charge in [-0.15, -0.1) is 0 Å². The molecule has 0 aliphatic heterocycles. The van der Waals surface area contributed by atoms with Crippen molar-refractivity contribution in [2.45, 2.75) is 19.9 Å². The number of carbonyl (C=O) groups excluding carboxylic acids is 3. The van der Waals surface area contributed by atoms with Crippen LogP contribution in [-0.4, -0.2) is 37.0 Å². The second-order valence-corrected chi connectivity index (χ2v) is 5.43. The highest BCUT2D eigenvalue weighted by Crippen LogP contribution is 2.10. The maximum Gasteiger partial charge on any atom is 0.331 e. The molecule has 7 heteroatoms. The molecule has 23 heavy (non-hydrogen) atoms. The fourth-order valence-corrected chi connectivity index (χ4v) is 1.65. The summed E-state index contributed by atoms with van der Waals surface area (Å²) in [6.45, 7) is 3.02. The van der Waals surface area contributed by atoms with Crippen molar-refractivity contribution in [2.75, 3.05) is 13.2 Å².